The Balaban J connectivity index is 1.52. The number of benzene rings is 1. The predicted molar refractivity (Wildman–Crippen MR) is 175 cm³/mol. The zero-order chi connectivity index (χ0) is 32.0. The van der Waals surface area contributed by atoms with Crippen LogP contribution in [0.25, 0.3) is 0 Å². The first-order valence-corrected chi connectivity index (χ1v) is 16.5. The third kappa shape index (κ3) is 17.0. The second kappa shape index (κ2) is 22.8. The lowest BCUT2D eigenvalue weighted by Gasteiger charge is -2.34. The Bertz CT molecular complexity index is 1000. The number of halogens is 1. The summed E-state index contributed by atoms with van der Waals surface area (Å²) in [6.45, 7) is 11.2. The first-order chi connectivity index (χ1) is 21.3. The number of piperazine rings is 1. The van der Waals surface area contributed by atoms with Crippen LogP contribution in [0, 0.1) is 22.0 Å². The van der Waals surface area contributed by atoms with Gasteiger partial charge in [-0.3, -0.25) is 4.79 Å². The smallest absolute Gasteiger partial charge is 0.294 e. The number of hydrogen-bond acceptors (Lipinski definition) is 8. The maximum absolute atomic E-state index is 12.2. The van der Waals surface area contributed by atoms with Crippen LogP contribution in [0.3, 0.4) is 0 Å². The summed E-state index contributed by atoms with van der Waals surface area (Å²) >= 11 is 6.00. The lowest BCUT2D eigenvalue weighted by Crippen LogP contribution is -2.47. The van der Waals surface area contributed by atoms with Crippen LogP contribution in [0.15, 0.2) is 48.6 Å². The van der Waals surface area contributed by atoms with E-state index in [4.69, 9.17) is 16.3 Å². The van der Waals surface area contributed by atoms with Crippen LogP contribution in [0.5, 0.6) is 5.75 Å². The van der Waals surface area contributed by atoms with E-state index in [1.165, 1.54) is 0 Å². The van der Waals surface area contributed by atoms with Crippen LogP contribution < -0.4 is 10.1 Å². The summed E-state index contributed by atoms with van der Waals surface area (Å²) in [5, 5.41) is 23.7. The van der Waals surface area contributed by atoms with Crippen molar-refractivity contribution in [2.75, 3.05) is 59.0 Å². The average molecular weight is 637 g/mol. The number of carbonyl (C=O) groups is 1. The number of amides is 1. The van der Waals surface area contributed by atoms with Gasteiger partial charge in [-0.2, -0.15) is 0 Å². The fourth-order valence-electron chi connectivity index (χ4n) is 5.27. The number of rotatable bonds is 23. The fraction of sp³-hybridized carbons (Fsp3) is 0.667. The molecule has 3 atom stereocenters. The molecule has 248 valence electrons. The summed E-state index contributed by atoms with van der Waals surface area (Å²) in [6, 6.07) is 7.38. The van der Waals surface area contributed by atoms with Crippen molar-refractivity contribution in [2.24, 2.45) is 11.8 Å². The van der Waals surface area contributed by atoms with Crippen LogP contribution in [0.1, 0.15) is 65.2 Å². The van der Waals surface area contributed by atoms with E-state index in [-0.39, 0.29) is 24.5 Å². The van der Waals surface area contributed by atoms with Gasteiger partial charge in [0.25, 0.3) is 5.09 Å². The van der Waals surface area contributed by atoms with Gasteiger partial charge in [-0.05, 0) is 75.6 Å². The van der Waals surface area contributed by atoms with Gasteiger partial charge in [-0.15, -0.1) is 10.1 Å². The number of unbranched alkanes of at least 4 members (excludes halogenated alkanes) is 1. The molecule has 1 amide bonds. The Kier molecular flexibility index (Phi) is 19.4. The zero-order valence-electron chi connectivity index (χ0n) is 26.6. The monoisotopic (exact) mass is 636 g/mol. The number of hydrogen-bond donors (Lipinski definition) is 2. The quantitative estimate of drug-likeness (QED) is 0.0697. The van der Waals surface area contributed by atoms with E-state index < -0.39 is 5.09 Å². The third-order valence-corrected chi connectivity index (χ3v) is 8.17. The van der Waals surface area contributed by atoms with E-state index in [1.54, 1.807) is 6.07 Å². The molecule has 0 aromatic heterocycles. The van der Waals surface area contributed by atoms with Crippen LogP contribution in [0.4, 0.5) is 0 Å². The molecule has 0 aliphatic carbocycles. The van der Waals surface area contributed by atoms with Crippen molar-refractivity contribution >= 4 is 17.5 Å². The number of carbonyl (C=O) groups excluding carboxylic acids is 1. The molecule has 2 N–H and O–H groups in total. The van der Waals surface area contributed by atoms with Gasteiger partial charge in [0.15, 0.2) is 0 Å². The molecular formula is C33H53ClN4O6. The highest BCUT2D eigenvalue weighted by molar-refractivity contribution is 6.30. The molecule has 11 heteroatoms. The molecular weight excluding hydrogens is 584 g/mol. The molecule has 0 radical (unpaired) electrons. The molecule has 0 spiro atoms. The number of ether oxygens (including phenoxy) is 1. The highest BCUT2D eigenvalue weighted by atomic mass is 35.5. The van der Waals surface area contributed by atoms with Crippen molar-refractivity contribution in [3.63, 3.8) is 0 Å². The second-order valence-corrected chi connectivity index (χ2v) is 11.9. The van der Waals surface area contributed by atoms with E-state index in [0.717, 1.165) is 77.1 Å². The topological polar surface area (TPSA) is 117 Å². The molecule has 3 unspecified atom stereocenters. The van der Waals surface area contributed by atoms with Crippen LogP contribution in [-0.4, -0.2) is 91.0 Å². The van der Waals surface area contributed by atoms with Gasteiger partial charge in [-0.25, -0.2) is 0 Å². The van der Waals surface area contributed by atoms with Gasteiger partial charge in [0, 0.05) is 56.6 Å². The van der Waals surface area contributed by atoms with Crippen molar-refractivity contribution in [1.82, 2.24) is 15.1 Å². The normalized spacial score (nSPS) is 16.6. The van der Waals surface area contributed by atoms with E-state index in [1.807, 2.05) is 25.1 Å². The maximum atomic E-state index is 12.2. The number of nitrogens with one attached hydrogen (secondary N) is 1. The van der Waals surface area contributed by atoms with Crippen molar-refractivity contribution < 1.29 is 24.6 Å². The van der Waals surface area contributed by atoms with Gasteiger partial charge in [0.1, 0.15) is 5.75 Å². The molecule has 44 heavy (non-hydrogen) atoms. The van der Waals surface area contributed by atoms with Crippen molar-refractivity contribution in [3.05, 3.63) is 63.7 Å². The second-order valence-electron chi connectivity index (χ2n) is 11.4. The van der Waals surface area contributed by atoms with Gasteiger partial charge in [0.05, 0.1) is 19.3 Å². The number of allylic oxidation sites excluding steroid dienone is 2. The molecule has 1 fully saturated rings. The summed E-state index contributed by atoms with van der Waals surface area (Å²) in [5.41, 5.74) is 0. The first kappa shape index (κ1) is 37.5. The Morgan fingerprint density at radius 2 is 1.82 bits per heavy atom. The molecule has 1 saturated heterocycles. The lowest BCUT2D eigenvalue weighted by atomic mass is 9.85. The zero-order valence-corrected chi connectivity index (χ0v) is 27.3. The summed E-state index contributed by atoms with van der Waals surface area (Å²) in [4.78, 5) is 31.5. The van der Waals surface area contributed by atoms with Crippen LogP contribution >= 0.6 is 11.6 Å². The molecule has 1 heterocycles. The summed E-state index contributed by atoms with van der Waals surface area (Å²) in [5.74, 6) is 1.23. The van der Waals surface area contributed by atoms with E-state index in [9.17, 15) is 20.0 Å². The van der Waals surface area contributed by atoms with Gasteiger partial charge in [-0.1, -0.05) is 55.8 Å². The standard InChI is InChI=1S/C33H53ClN4O6/c1-3-32(39)31(16-8-9-25-43-30-15-10-14-29(34)27-30)28(2)13-6-4-5-7-17-33(40)35-18-11-19-36-21-23-37(24-22-36)20-12-26-44-38(41)42/h4,6,8,10,14-16,27-28,31-32,39H,3,5,7,9,11-13,17-26H2,1-2H3,(H,35,40)/b6-4-,16-8+. The highest BCUT2D eigenvalue weighted by Gasteiger charge is 2.20. The molecule has 1 aliphatic heterocycles. The van der Waals surface area contributed by atoms with Crippen LogP contribution in [0.2, 0.25) is 5.02 Å². The SMILES string of the molecule is CCC(O)C(/C=C/CCOc1cccc(Cl)c1)C(C)C/C=C\CCCC(=O)NCCCN1CCN(CCCO[N+](=O)[O-])CC1. The van der Waals surface area contributed by atoms with Crippen LogP contribution in [-0.2, 0) is 9.63 Å². The Labute approximate surface area is 268 Å². The Morgan fingerprint density at radius 1 is 1.09 bits per heavy atom. The van der Waals surface area contributed by atoms with Gasteiger partial charge < -0.3 is 29.8 Å². The summed E-state index contributed by atoms with van der Waals surface area (Å²) < 4.78 is 5.75. The number of aliphatic hydroxyl groups is 1. The molecule has 1 aromatic rings. The highest BCUT2D eigenvalue weighted by Crippen LogP contribution is 2.24. The van der Waals surface area contributed by atoms with Gasteiger partial charge in [0.2, 0.25) is 5.91 Å². The largest absolute Gasteiger partial charge is 0.493 e. The minimum Gasteiger partial charge on any atom is -0.493 e. The fourth-order valence-corrected chi connectivity index (χ4v) is 5.45. The minimum absolute atomic E-state index is 0.0771. The predicted octanol–water partition coefficient (Wildman–Crippen LogP) is 5.53. The van der Waals surface area contributed by atoms with Crippen molar-refractivity contribution in [3.8, 4) is 5.75 Å². The molecule has 10 nitrogen and oxygen atoms in total. The average Bonchev–Trinajstić information content (AvgIpc) is 3.01. The van der Waals surface area contributed by atoms with Gasteiger partial charge >= 0.3 is 0 Å². The van der Waals surface area contributed by atoms with E-state index in [0.29, 0.717) is 43.4 Å². The summed E-state index contributed by atoms with van der Waals surface area (Å²) in [6.07, 6.45) is 14.3. The number of aliphatic hydroxyl groups excluding tert-OH is 1. The van der Waals surface area contributed by atoms with E-state index in [2.05, 4.69) is 51.2 Å². The summed E-state index contributed by atoms with van der Waals surface area (Å²) in [7, 11) is 0. The van der Waals surface area contributed by atoms with E-state index >= 15 is 0 Å². The maximum Gasteiger partial charge on any atom is 0.294 e. The first-order valence-electron chi connectivity index (χ1n) is 16.1. The molecule has 0 saturated carbocycles. The van der Waals surface area contributed by atoms with Crippen molar-refractivity contribution in [1.29, 1.82) is 0 Å². The molecule has 1 aromatic carbocycles. The third-order valence-electron chi connectivity index (χ3n) is 7.93. The molecule has 1 aliphatic rings. The molecule has 0 bridgehead atoms. The minimum atomic E-state index is -0.740. The molecule has 2 rings (SSSR count). The Morgan fingerprint density at radius 3 is 2.50 bits per heavy atom. The van der Waals surface area contributed by atoms with Crippen molar-refractivity contribution in [2.45, 2.75) is 71.3 Å². The Hall–Kier alpha value is -2.66. The number of nitrogens with zero attached hydrogens (tertiary/aromatic N) is 3. The lowest BCUT2D eigenvalue weighted by molar-refractivity contribution is -0.757.